The molecule has 1 N–H and O–H groups in total. The first-order valence-corrected chi connectivity index (χ1v) is 7.88. The van der Waals surface area contributed by atoms with Gasteiger partial charge in [-0.1, -0.05) is 18.2 Å². The molecule has 0 spiro atoms. The SMILES string of the molecule is Cc1cc(C(=O)N[C@H]2CCc3nccn3C2)c2ccccc2n1. The van der Waals surface area contributed by atoms with E-state index in [0.29, 0.717) is 5.56 Å². The Labute approximate surface area is 134 Å². The summed E-state index contributed by atoms with van der Waals surface area (Å²) in [6, 6.07) is 9.77. The van der Waals surface area contributed by atoms with E-state index in [1.165, 1.54) is 0 Å². The molecule has 3 heterocycles. The van der Waals surface area contributed by atoms with Gasteiger partial charge in [-0.3, -0.25) is 9.78 Å². The molecule has 1 aliphatic rings. The van der Waals surface area contributed by atoms with Gasteiger partial charge in [-0.15, -0.1) is 0 Å². The van der Waals surface area contributed by atoms with Crippen molar-refractivity contribution in [2.45, 2.75) is 32.4 Å². The maximum Gasteiger partial charge on any atom is 0.252 e. The van der Waals surface area contributed by atoms with E-state index in [2.05, 4.69) is 19.9 Å². The zero-order chi connectivity index (χ0) is 15.8. The van der Waals surface area contributed by atoms with Crippen LogP contribution >= 0.6 is 0 Å². The van der Waals surface area contributed by atoms with Crippen molar-refractivity contribution < 1.29 is 4.79 Å². The smallest absolute Gasteiger partial charge is 0.252 e. The highest BCUT2D eigenvalue weighted by Gasteiger charge is 2.21. The van der Waals surface area contributed by atoms with Crippen LogP contribution in [0.4, 0.5) is 0 Å². The molecule has 1 aliphatic heterocycles. The van der Waals surface area contributed by atoms with Crippen molar-refractivity contribution in [1.82, 2.24) is 19.9 Å². The van der Waals surface area contributed by atoms with Crippen LogP contribution in [0.15, 0.2) is 42.7 Å². The van der Waals surface area contributed by atoms with E-state index in [9.17, 15) is 4.79 Å². The van der Waals surface area contributed by atoms with Crippen molar-refractivity contribution in [2.24, 2.45) is 0 Å². The van der Waals surface area contributed by atoms with Crippen LogP contribution in [-0.4, -0.2) is 26.5 Å². The number of rotatable bonds is 2. The number of aryl methyl sites for hydroxylation is 2. The van der Waals surface area contributed by atoms with E-state index in [1.807, 2.05) is 49.6 Å². The summed E-state index contributed by atoms with van der Waals surface area (Å²) in [6.07, 6.45) is 5.61. The Morgan fingerprint density at radius 2 is 2.22 bits per heavy atom. The summed E-state index contributed by atoms with van der Waals surface area (Å²) in [5, 5.41) is 4.07. The quantitative estimate of drug-likeness (QED) is 0.791. The zero-order valence-corrected chi connectivity index (χ0v) is 13.0. The van der Waals surface area contributed by atoms with Gasteiger partial charge >= 0.3 is 0 Å². The summed E-state index contributed by atoms with van der Waals surface area (Å²) in [5.74, 6) is 1.07. The van der Waals surface area contributed by atoms with Gasteiger partial charge in [0.05, 0.1) is 11.1 Å². The molecule has 0 unspecified atom stereocenters. The molecule has 5 heteroatoms. The second-order valence-electron chi connectivity index (χ2n) is 6.03. The molecule has 0 fully saturated rings. The first kappa shape index (κ1) is 13.9. The largest absolute Gasteiger partial charge is 0.347 e. The first-order chi connectivity index (χ1) is 11.2. The van der Waals surface area contributed by atoms with Crippen LogP contribution in [-0.2, 0) is 13.0 Å². The van der Waals surface area contributed by atoms with Gasteiger partial charge in [-0.2, -0.15) is 0 Å². The number of aromatic nitrogens is 3. The maximum atomic E-state index is 12.8. The molecule has 0 saturated heterocycles. The Bertz CT molecular complexity index is 884. The number of hydrogen-bond donors (Lipinski definition) is 1. The van der Waals surface area contributed by atoms with Crippen LogP contribution in [0.2, 0.25) is 0 Å². The fourth-order valence-electron chi connectivity index (χ4n) is 3.24. The van der Waals surface area contributed by atoms with Gasteiger partial charge in [0, 0.05) is 42.5 Å². The molecular formula is C18H18N4O. The van der Waals surface area contributed by atoms with Crippen LogP contribution < -0.4 is 5.32 Å². The molecule has 0 saturated carbocycles. The lowest BCUT2D eigenvalue weighted by Gasteiger charge is -2.25. The molecule has 116 valence electrons. The Morgan fingerprint density at radius 1 is 1.35 bits per heavy atom. The van der Waals surface area contributed by atoms with Crippen LogP contribution in [0.5, 0.6) is 0 Å². The summed E-state index contributed by atoms with van der Waals surface area (Å²) in [4.78, 5) is 21.6. The number of carbonyl (C=O) groups excluding carboxylic acids is 1. The molecule has 1 atom stereocenters. The third-order valence-corrected chi connectivity index (χ3v) is 4.36. The van der Waals surface area contributed by atoms with Crippen molar-refractivity contribution in [3.8, 4) is 0 Å². The number of para-hydroxylation sites is 1. The Morgan fingerprint density at radius 3 is 3.13 bits per heavy atom. The molecule has 0 radical (unpaired) electrons. The summed E-state index contributed by atoms with van der Waals surface area (Å²) < 4.78 is 2.12. The number of carbonyl (C=O) groups is 1. The first-order valence-electron chi connectivity index (χ1n) is 7.88. The van der Waals surface area contributed by atoms with Gasteiger partial charge in [-0.25, -0.2) is 4.98 Å². The fraction of sp³-hybridized carbons (Fsp3) is 0.278. The van der Waals surface area contributed by atoms with Crippen LogP contribution in [0.3, 0.4) is 0 Å². The lowest BCUT2D eigenvalue weighted by molar-refractivity contribution is 0.0929. The molecule has 0 bridgehead atoms. The minimum atomic E-state index is -0.0275. The van der Waals surface area contributed by atoms with Crippen LogP contribution in [0.25, 0.3) is 10.9 Å². The van der Waals surface area contributed by atoms with E-state index in [-0.39, 0.29) is 11.9 Å². The normalized spacial score (nSPS) is 17.0. The maximum absolute atomic E-state index is 12.8. The van der Waals surface area contributed by atoms with Crippen LogP contribution in [0.1, 0.15) is 28.3 Å². The Hall–Kier alpha value is -2.69. The summed E-state index contributed by atoms with van der Waals surface area (Å²) in [7, 11) is 0. The van der Waals surface area contributed by atoms with Gasteiger partial charge in [0.2, 0.25) is 0 Å². The average Bonchev–Trinajstić information content (AvgIpc) is 3.01. The topological polar surface area (TPSA) is 59.8 Å². The Kier molecular flexibility index (Phi) is 3.33. The molecule has 3 aromatic rings. The van der Waals surface area contributed by atoms with Crippen LogP contribution in [0, 0.1) is 6.92 Å². The number of pyridine rings is 1. The van der Waals surface area contributed by atoms with E-state index in [4.69, 9.17) is 0 Å². The van der Waals surface area contributed by atoms with Gasteiger partial charge in [0.25, 0.3) is 5.91 Å². The van der Waals surface area contributed by atoms with Crippen molar-refractivity contribution in [2.75, 3.05) is 0 Å². The van der Waals surface area contributed by atoms with Gasteiger partial charge in [0.15, 0.2) is 0 Å². The number of benzene rings is 1. The molecule has 1 aromatic carbocycles. The molecule has 5 nitrogen and oxygen atoms in total. The molecule has 2 aromatic heterocycles. The predicted molar refractivity (Wildman–Crippen MR) is 88.3 cm³/mol. The molecule has 1 amide bonds. The van der Waals surface area contributed by atoms with Crippen molar-refractivity contribution in [3.05, 3.63) is 59.8 Å². The summed E-state index contributed by atoms with van der Waals surface area (Å²) in [5.41, 5.74) is 2.41. The highest BCUT2D eigenvalue weighted by atomic mass is 16.1. The Balaban J connectivity index is 1.61. The van der Waals surface area contributed by atoms with E-state index < -0.39 is 0 Å². The van der Waals surface area contributed by atoms with Gasteiger partial charge in [-0.05, 0) is 25.5 Å². The van der Waals surface area contributed by atoms with Crippen molar-refractivity contribution >= 4 is 16.8 Å². The average molecular weight is 306 g/mol. The highest BCUT2D eigenvalue weighted by molar-refractivity contribution is 6.06. The summed E-state index contributed by atoms with van der Waals surface area (Å²) in [6.45, 7) is 2.70. The minimum absolute atomic E-state index is 0.0275. The summed E-state index contributed by atoms with van der Waals surface area (Å²) >= 11 is 0. The minimum Gasteiger partial charge on any atom is -0.347 e. The monoisotopic (exact) mass is 306 g/mol. The lowest BCUT2D eigenvalue weighted by atomic mass is 10.0. The number of amides is 1. The molecule has 0 aliphatic carbocycles. The number of nitrogens with zero attached hydrogens (tertiary/aromatic N) is 3. The standard InChI is InChI=1S/C18H18N4O/c1-12-10-15(14-4-2-3-5-16(14)20-12)18(23)21-13-6-7-17-19-8-9-22(17)11-13/h2-5,8-10,13H,6-7,11H2,1H3,(H,21,23)/t13-/m0/s1. The van der Waals surface area contributed by atoms with Gasteiger partial charge < -0.3 is 9.88 Å². The van der Waals surface area contributed by atoms with E-state index >= 15 is 0 Å². The number of imidazole rings is 1. The third-order valence-electron chi connectivity index (χ3n) is 4.36. The molecular weight excluding hydrogens is 288 g/mol. The zero-order valence-electron chi connectivity index (χ0n) is 13.0. The fourth-order valence-corrected chi connectivity index (χ4v) is 3.24. The second kappa shape index (κ2) is 5.50. The van der Waals surface area contributed by atoms with E-state index in [1.54, 1.807) is 0 Å². The molecule has 4 rings (SSSR count). The predicted octanol–water partition coefficient (Wildman–Crippen LogP) is 2.48. The van der Waals surface area contributed by atoms with Gasteiger partial charge in [0.1, 0.15) is 5.82 Å². The number of nitrogens with one attached hydrogen (secondary N) is 1. The van der Waals surface area contributed by atoms with Crippen molar-refractivity contribution in [3.63, 3.8) is 0 Å². The van der Waals surface area contributed by atoms with E-state index in [0.717, 1.165) is 41.8 Å². The highest BCUT2D eigenvalue weighted by Crippen LogP contribution is 2.19. The number of hydrogen-bond acceptors (Lipinski definition) is 3. The lowest BCUT2D eigenvalue weighted by Crippen LogP contribution is -2.41. The molecule has 23 heavy (non-hydrogen) atoms. The number of fused-ring (bicyclic) bond motifs is 2. The third kappa shape index (κ3) is 2.59. The second-order valence-corrected chi connectivity index (χ2v) is 6.03. The van der Waals surface area contributed by atoms with Crippen molar-refractivity contribution in [1.29, 1.82) is 0 Å².